The van der Waals surface area contributed by atoms with Crippen LogP contribution in [-0.2, 0) is 25.7 Å². The molecule has 0 saturated carbocycles. The summed E-state index contributed by atoms with van der Waals surface area (Å²) in [5.41, 5.74) is -0.0664. The maximum atomic E-state index is 12.0. The molecular formula is C18H24N2O7. The van der Waals surface area contributed by atoms with Crippen molar-refractivity contribution in [1.29, 1.82) is 0 Å². The van der Waals surface area contributed by atoms with Crippen LogP contribution in [0.3, 0.4) is 0 Å². The molecule has 9 heteroatoms. The van der Waals surface area contributed by atoms with E-state index in [1.54, 1.807) is 45.0 Å². The molecule has 1 aromatic carbocycles. The van der Waals surface area contributed by atoms with Gasteiger partial charge in [0.1, 0.15) is 24.5 Å². The Morgan fingerprint density at radius 1 is 1.11 bits per heavy atom. The molecule has 27 heavy (non-hydrogen) atoms. The van der Waals surface area contributed by atoms with Crippen LogP contribution in [0.15, 0.2) is 30.3 Å². The van der Waals surface area contributed by atoms with Crippen LogP contribution in [-0.4, -0.2) is 47.2 Å². The lowest BCUT2D eigenvalue weighted by Gasteiger charge is -2.25. The maximum Gasteiger partial charge on any atom is 0.408 e. The molecule has 0 fully saturated rings. The van der Waals surface area contributed by atoms with Crippen LogP contribution in [0.4, 0.5) is 9.59 Å². The number of carbonyl (C=O) groups is 4. The summed E-state index contributed by atoms with van der Waals surface area (Å²) in [4.78, 5) is 46.2. The fourth-order valence-electron chi connectivity index (χ4n) is 2.05. The summed E-state index contributed by atoms with van der Waals surface area (Å²) in [5.74, 6) is -1.26. The normalized spacial score (nSPS) is 13.0. The monoisotopic (exact) mass is 380 g/mol. The van der Waals surface area contributed by atoms with Crippen molar-refractivity contribution in [2.75, 3.05) is 0 Å². The van der Waals surface area contributed by atoms with Gasteiger partial charge in [0.2, 0.25) is 0 Å². The molecule has 0 aliphatic heterocycles. The molecule has 0 spiro atoms. The van der Waals surface area contributed by atoms with Crippen LogP contribution in [0.2, 0.25) is 0 Å². The average molecular weight is 380 g/mol. The molecule has 3 N–H and O–H groups in total. The van der Waals surface area contributed by atoms with Gasteiger partial charge in [0.05, 0.1) is 12.5 Å². The number of carbonyl (C=O) groups excluding carboxylic acids is 3. The van der Waals surface area contributed by atoms with Gasteiger partial charge in [0.25, 0.3) is 0 Å². The van der Waals surface area contributed by atoms with Crippen LogP contribution in [0.1, 0.15) is 32.8 Å². The van der Waals surface area contributed by atoms with Crippen molar-refractivity contribution in [1.82, 2.24) is 10.6 Å². The number of nitrogens with one attached hydrogen (secondary N) is 2. The number of alkyl carbamates (subject to hydrolysis) is 2. The van der Waals surface area contributed by atoms with E-state index < -0.39 is 42.3 Å². The Bertz CT molecular complexity index is 655. The van der Waals surface area contributed by atoms with Gasteiger partial charge in [0.15, 0.2) is 0 Å². The number of hydrogen-bond acceptors (Lipinski definition) is 6. The third-order valence-corrected chi connectivity index (χ3v) is 3.17. The first-order valence-electron chi connectivity index (χ1n) is 8.24. The molecule has 0 saturated heterocycles. The van der Waals surface area contributed by atoms with Gasteiger partial charge < -0.3 is 30.0 Å². The first kappa shape index (κ1) is 21.9. The van der Waals surface area contributed by atoms with Crippen molar-refractivity contribution in [3.8, 4) is 0 Å². The number of carboxylic acids is 1. The van der Waals surface area contributed by atoms with Crippen molar-refractivity contribution in [2.45, 2.75) is 51.5 Å². The Hall–Kier alpha value is -3.10. The summed E-state index contributed by atoms with van der Waals surface area (Å²) in [6.45, 7) is 4.88. The van der Waals surface area contributed by atoms with Gasteiger partial charge in [-0.15, -0.1) is 0 Å². The average Bonchev–Trinajstić information content (AvgIpc) is 2.56. The van der Waals surface area contributed by atoms with Gasteiger partial charge in [-0.2, -0.15) is 0 Å². The summed E-state index contributed by atoms with van der Waals surface area (Å²) in [6.07, 6.45) is -2.09. The quantitative estimate of drug-likeness (QED) is 0.587. The minimum absolute atomic E-state index is 0.0300. The molecule has 0 heterocycles. The molecule has 0 aliphatic carbocycles. The smallest absolute Gasteiger partial charge is 0.408 e. The standard InChI is InChI=1S/C18H24N2O7/c1-18(2,3)27-17(25)20-14(10-21)13(9-15(22)23)19-16(24)26-11-12-7-5-4-6-8-12/h4-8,10,13-14H,9,11H2,1-3H3,(H,19,24)(H,20,25)(H,22,23)/t13-,14?/m1/s1. The van der Waals surface area contributed by atoms with E-state index in [0.717, 1.165) is 5.56 Å². The molecule has 1 unspecified atom stereocenters. The zero-order valence-corrected chi connectivity index (χ0v) is 15.4. The molecule has 1 aromatic rings. The first-order valence-corrected chi connectivity index (χ1v) is 8.24. The molecule has 148 valence electrons. The topological polar surface area (TPSA) is 131 Å². The highest BCUT2D eigenvalue weighted by Gasteiger charge is 2.29. The predicted octanol–water partition coefficient (Wildman–Crippen LogP) is 1.85. The van der Waals surface area contributed by atoms with Gasteiger partial charge in [-0.1, -0.05) is 30.3 Å². The third-order valence-electron chi connectivity index (χ3n) is 3.17. The number of aliphatic carboxylic acids is 1. The molecule has 0 bridgehead atoms. The number of benzene rings is 1. The lowest BCUT2D eigenvalue weighted by molar-refractivity contribution is -0.137. The number of hydrogen-bond donors (Lipinski definition) is 3. The van der Waals surface area contributed by atoms with Gasteiger partial charge in [-0.25, -0.2) is 9.59 Å². The van der Waals surface area contributed by atoms with E-state index in [1.165, 1.54) is 0 Å². The van der Waals surface area contributed by atoms with E-state index in [1.807, 2.05) is 6.07 Å². The SMILES string of the molecule is CC(C)(C)OC(=O)NC(C=O)[C@@H](CC(=O)O)NC(=O)OCc1ccccc1. The second-order valence-corrected chi connectivity index (χ2v) is 6.72. The van der Waals surface area contributed by atoms with Crippen molar-refractivity contribution in [2.24, 2.45) is 0 Å². The second kappa shape index (κ2) is 10.1. The molecule has 0 aromatic heterocycles. The van der Waals surface area contributed by atoms with E-state index >= 15 is 0 Å². The molecule has 0 radical (unpaired) electrons. The van der Waals surface area contributed by atoms with Crippen LogP contribution in [0, 0.1) is 0 Å². The number of carboxylic acid groups (broad SMARTS) is 1. The molecule has 2 atom stereocenters. The predicted molar refractivity (Wildman–Crippen MR) is 95.0 cm³/mol. The molecule has 0 aliphatic rings. The van der Waals surface area contributed by atoms with Crippen molar-refractivity contribution in [3.05, 3.63) is 35.9 Å². The summed E-state index contributed by atoms with van der Waals surface area (Å²) < 4.78 is 10.1. The minimum Gasteiger partial charge on any atom is -0.481 e. The van der Waals surface area contributed by atoms with E-state index in [4.69, 9.17) is 14.6 Å². The Balaban J connectivity index is 2.70. The Morgan fingerprint density at radius 3 is 2.26 bits per heavy atom. The Kier molecular flexibility index (Phi) is 8.25. The number of ether oxygens (including phenoxy) is 2. The van der Waals surface area contributed by atoms with Crippen molar-refractivity contribution < 1.29 is 33.8 Å². The van der Waals surface area contributed by atoms with Crippen LogP contribution in [0.5, 0.6) is 0 Å². The Labute approximate surface area is 157 Å². The highest BCUT2D eigenvalue weighted by atomic mass is 16.6. The zero-order chi connectivity index (χ0) is 20.4. The summed E-state index contributed by atoms with van der Waals surface area (Å²) >= 11 is 0. The fraction of sp³-hybridized carbons (Fsp3) is 0.444. The van der Waals surface area contributed by atoms with E-state index in [9.17, 15) is 19.2 Å². The highest BCUT2D eigenvalue weighted by molar-refractivity contribution is 5.77. The summed E-state index contributed by atoms with van der Waals surface area (Å²) in [5, 5.41) is 13.6. The molecule has 2 amide bonds. The summed E-state index contributed by atoms with van der Waals surface area (Å²) in [7, 11) is 0. The number of amides is 2. The molecule has 9 nitrogen and oxygen atoms in total. The van der Waals surface area contributed by atoms with Crippen molar-refractivity contribution >= 4 is 24.4 Å². The van der Waals surface area contributed by atoms with E-state index in [0.29, 0.717) is 6.29 Å². The minimum atomic E-state index is -1.31. The van der Waals surface area contributed by atoms with Gasteiger partial charge in [0, 0.05) is 0 Å². The van der Waals surface area contributed by atoms with Gasteiger partial charge in [-0.05, 0) is 26.3 Å². The molecule has 1 rings (SSSR count). The maximum absolute atomic E-state index is 12.0. The second-order valence-electron chi connectivity index (χ2n) is 6.72. The lowest BCUT2D eigenvalue weighted by atomic mass is 10.1. The largest absolute Gasteiger partial charge is 0.481 e. The van der Waals surface area contributed by atoms with Gasteiger partial charge >= 0.3 is 18.2 Å². The highest BCUT2D eigenvalue weighted by Crippen LogP contribution is 2.08. The fourth-order valence-corrected chi connectivity index (χ4v) is 2.05. The van der Waals surface area contributed by atoms with Gasteiger partial charge in [-0.3, -0.25) is 4.79 Å². The third kappa shape index (κ3) is 9.24. The summed E-state index contributed by atoms with van der Waals surface area (Å²) in [6, 6.07) is 6.34. The number of rotatable bonds is 8. The first-order chi connectivity index (χ1) is 12.6. The zero-order valence-electron chi connectivity index (χ0n) is 15.4. The van der Waals surface area contributed by atoms with Crippen LogP contribution >= 0.6 is 0 Å². The van der Waals surface area contributed by atoms with Crippen LogP contribution in [0.25, 0.3) is 0 Å². The number of aldehydes is 1. The molecular weight excluding hydrogens is 356 g/mol. The lowest BCUT2D eigenvalue weighted by Crippen LogP contribution is -2.54. The van der Waals surface area contributed by atoms with Crippen LogP contribution < -0.4 is 10.6 Å². The van der Waals surface area contributed by atoms with E-state index in [-0.39, 0.29) is 6.61 Å². The van der Waals surface area contributed by atoms with Crippen molar-refractivity contribution in [3.63, 3.8) is 0 Å². The Morgan fingerprint density at radius 2 is 1.74 bits per heavy atom. The van der Waals surface area contributed by atoms with E-state index in [2.05, 4.69) is 10.6 Å².